The van der Waals surface area contributed by atoms with Gasteiger partial charge in [0.15, 0.2) is 0 Å². The fraction of sp³-hybridized carbons (Fsp3) is 0.920. The lowest BCUT2D eigenvalue weighted by atomic mass is 9.43. The van der Waals surface area contributed by atoms with Crippen LogP contribution in [-0.4, -0.2) is 39.3 Å². The number of aliphatic hydroxyl groups excluding tert-OH is 2. The van der Waals surface area contributed by atoms with Crippen LogP contribution in [0.3, 0.4) is 0 Å². The highest BCUT2D eigenvalue weighted by atomic mass is 16.4. The SMILES string of the molecule is C[C@H](C(=O)CCC(=O)O)[C@H]1CC[C@H]2[C@@H]3CC[C@@H]4C[C@H](O)CC[C@]4(C)[C@H]3C[C@H](O)[C@]12C. The lowest BCUT2D eigenvalue weighted by molar-refractivity contribution is -0.175. The molecule has 0 saturated heterocycles. The van der Waals surface area contributed by atoms with E-state index in [1.54, 1.807) is 0 Å². The molecular formula is C25H40O5. The number of carbonyl (C=O) groups excluding carboxylic acids is 1. The predicted molar refractivity (Wildman–Crippen MR) is 114 cm³/mol. The van der Waals surface area contributed by atoms with Crippen molar-refractivity contribution in [2.75, 3.05) is 0 Å². The van der Waals surface area contributed by atoms with Crippen molar-refractivity contribution in [1.82, 2.24) is 0 Å². The van der Waals surface area contributed by atoms with Gasteiger partial charge in [-0.25, -0.2) is 0 Å². The van der Waals surface area contributed by atoms with Gasteiger partial charge in [0.1, 0.15) is 5.78 Å². The molecule has 4 aliphatic carbocycles. The first-order valence-corrected chi connectivity index (χ1v) is 12.2. The van der Waals surface area contributed by atoms with Crippen LogP contribution in [-0.2, 0) is 9.59 Å². The molecule has 30 heavy (non-hydrogen) atoms. The Kier molecular flexibility index (Phi) is 5.85. The van der Waals surface area contributed by atoms with E-state index in [9.17, 15) is 19.8 Å². The van der Waals surface area contributed by atoms with E-state index in [0.29, 0.717) is 23.7 Å². The lowest BCUT2D eigenvalue weighted by Crippen LogP contribution is -2.59. The Bertz CT molecular complexity index is 691. The Morgan fingerprint density at radius 2 is 1.70 bits per heavy atom. The number of aliphatic hydroxyl groups is 2. The fourth-order valence-corrected chi connectivity index (χ4v) is 8.73. The van der Waals surface area contributed by atoms with Crippen LogP contribution in [0.4, 0.5) is 0 Å². The van der Waals surface area contributed by atoms with E-state index in [4.69, 9.17) is 5.11 Å². The van der Waals surface area contributed by atoms with Crippen molar-refractivity contribution in [3.63, 3.8) is 0 Å². The summed E-state index contributed by atoms with van der Waals surface area (Å²) >= 11 is 0. The zero-order chi connectivity index (χ0) is 21.8. The molecule has 4 saturated carbocycles. The van der Waals surface area contributed by atoms with Gasteiger partial charge in [0, 0.05) is 17.8 Å². The van der Waals surface area contributed by atoms with Gasteiger partial charge in [0.2, 0.25) is 0 Å². The molecule has 5 nitrogen and oxygen atoms in total. The molecule has 0 amide bonds. The van der Waals surface area contributed by atoms with Gasteiger partial charge in [-0.15, -0.1) is 0 Å². The van der Waals surface area contributed by atoms with E-state index in [-0.39, 0.29) is 47.4 Å². The number of Topliss-reactive ketones (excluding diaryl/α,β-unsaturated/α-hetero) is 1. The van der Waals surface area contributed by atoms with Crippen molar-refractivity contribution >= 4 is 11.8 Å². The average molecular weight is 421 g/mol. The molecule has 10 atom stereocenters. The first-order valence-electron chi connectivity index (χ1n) is 12.2. The number of hydrogen-bond donors (Lipinski definition) is 3. The number of ketones is 1. The molecule has 3 N–H and O–H groups in total. The van der Waals surface area contributed by atoms with Gasteiger partial charge < -0.3 is 15.3 Å². The van der Waals surface area contributed by atoms with E-state index in [2.05, 4.69) is 13.8 Å². The summed E-state index contributed by atoms with van der Waals surface area (Å²) in [5.41, 5.74) is -0.0394. The maximum absolute atomic E-state index is 12.7. The van der Waals surface area contributed by atoms with E-state index in [1.165, 1.54) is 12.8 Å². The molecule has 0 aromatic carbocycles. The third-order valence-electron chi connectivity index (χ3n) is 10.5. The number of aliphatic carboxylic acids is 1. The molecule has 0 heterocycles. The second kappa shape index (κ2) is 7.88. The topological polar surface area (TPSA) is 94.8 Å². The number of carbonyl (C=O) groups is 2. The summed E-state index contributed by atoms with van der Waals surface area (Å²) in [7, 11) is 0. The third kappa shape index (κ3) is 3.35. The van der Waals surface area contributed by atoms with E-state index >= 15 is 0 Å². The number of carboxylic acids is 1. The summed E-state index contributed by atoms with van der Waals surface area (Å²) in [6.45, 7) is 6.60. The van der Waals surface area contributed by atoms with E-state index in [1.807, 2.05) is 6.92 Å². The van der Waals surface area contributed by atoms with E-state index in [0.717, 1.165) is 38.5 Å². The van der Waals surface area contributed by atoms with Gasteiger partial charge in [-0.3, -0.25) is 9.59 Å². The minimum atomic E-state index is -0.922. The Labute approximate surface area is 180 Å². The Morgan fingerprint density at radius 1 is 0.967 bits per heavy atom. The maximum atomic E-state index is 12.7. The zero-order valence-electron chi connectivity index (χ0n) is 18.8. The molecule has 0 aromatic rings. The summed E-state index contributed by atoms with van der Waals surface area (Å²) in [6, 6.07) is 0. The zero-order valence-corrected chi connectivity index (χ0v) is 18.8. The first-order chi connectivity index (χ1) is 14.1. The monoisotopic (exact) mass is 420 g/mol. The second-order valence-corrected chi connectivity index (χ2v) is 11.5. The second-order valence-electron chi connectivity index (χ2n) is 11.5. The molecule has 4 rings (SSSR count). The molecule has 4 aliphatic rings. The van der Waals surface area contributed by atoms with Crippen LogP contribution in [0.25, 0.3) is 0 Å². The number of carboxylic acid groups (broad SMARTS) is 1. The quantitative estimate of drug-likeness (QED) is 0.624. The van der Waals surface area contributed by atoms with Crippen molar-refractivity contribution in [1.29, 1.82) is 0 Å². The molecule has 0 unspecified atom stereocenters. The van der Waals surface area contributed by atoms with Gasteiger partial charge in [0.05, 0.1) is 18.6 Å². The van der Waals surface area contributed by atoms with Gasteiger partial charge in [0.25, 0.3) is 0 Å². The molecule has 0 radical (unpaired) electrons. The predicted octanol–water partition coefficient (Wildman–Crippen LogP) is 4.05. The van der Waals surface area contributed by atoms with Crippen LogP contribution < -0.4 is 0 Å². The standard InChI is InChI=1S/C25H40O5/c1-14(21(27)8-9-23(29)30)18-6-7-19-17-5-4-15-12-16(26)10-11-24(15,2)20(17)13-22(28)25(18,19)3/h14-20,22,26,28H,4-13H2,1-3H3,(H,29,30)/t14-,15+,16+,17-,18+,19-,20-,22-,24-,25+/m0/s1. The summed E-state index contributed by atoms with van der Waals surface area (Å²) in [4.78, 5) is 23.6. The van der Waals surface area contributed by atoms with Crippen molar-refractivity contribution in [3.8, 4) is 0 Å². The highest BCUT2D eigenvalue weighted by Gasteiger charge is 2.64. The van der Waals surface area contributed by atoms with Crippen LogP contribution in [0.15, 0.2) is 0 Å². The molecule has 0 aliphatic heterocycles. The third-order valence-corrected chi connectivity index (χ3v) is 10.5. The fourth-order valence-electron chi connectivity index (χ4n) is 8.73. The van der Waals surface area contributed by atoms with Crippen molar-refractivity contribution in [2.45, 2.75) is 97.2 Å². The largest absolute Gasteiger partial charge is 0.481 e. The highest BCUT2D eigenvalue weighted by Crippen LogP contribution is 2.68. The van der Waals surface area contributed by atoms with Crippen LogP contribution in [0.5, 0.6) is 0 Å². The number of rotatable bonds is 5. The van der Waals surface area contributed by atoms with Gasteiger partial charge in [-0.1, -0.05) is 20.8 Å². The molecule has 170 valence electrons. The molecular weight excluding hydrogens is 380 g/mol. The van der Waals surface area contributed by atoms with Gasteiger partial charge >= 0.3 is 5.97 Å². The lowest BCUT2D eigenvalue weighted by Gasteiger charge is -2.62. The molecule has 5 heteroatoms. The van der Waals surface area contributed by atoms with Gasteiger partial charge in [-0.2, -0.15) is 0 Å². The van der Waals surface area contributed by atoms with Crippen LogP contribution in [0, 0.1) is 46.3 Å². The molecule has 0 bridgehead atoms. The van der Waals surface area contributed by atoms with Gasteiger partial charge in [-0.05, 0) is 86.4 Å². The molecule has 0 aromatic heterocycles. The maximum Gasteiger partial charge on any atom is 0.303 e. The summed E-state index contributed by atoms with van der Waals surface area (Å²) < 4.78 is 0. The molecule has 4 fully saturated rings. The first kappa shape index (κ1) is 22.3. The van der Waals surface area contributed by atoms with Crippen LogP contribution in [0.1, 0.15) is 85.0 Å². The summed E-state index contributed by atoms with van der Waals surface area (Å²) in [5.74, 6) is 1.17. The normalized spacial score (nSPS) is 48.9. The number of hydrogen-bond acceptors (Lipinski definition) is 4. The van der Waals surface area contributed by atoms with Crippen molar-refractivity contribution < 1.29 is 24.9 Å². The Balaban J connectivity index is 1.55. The molecule has 0 spiro atoms. The minimum absolute atomic E-state index is 0.0375. The Morgan fingerprint density at radius 3 is 2.40 bits per heavy atom. The van der Waals surface area contributed by atoms with Crippen molar-refractivity contribution in [2.24, 2.45) is 46.3 Å². The van der Waals surface area contributed by atoms with Crippen molar-refractivity contribution in [3.05, 3.63) is 0 Å². The highest BCUT2D eigenvalue weighted by molar-refractivity contribution is 5.84. The summed E-state index contributed by atoms with van der Waals surface area (Å²) in [6.07, 6.45) is 7.47. The van der Waals surface area contributed by atoms with E-state index < -0.39 is 12.1 Å². The van der Waals surface area contributed by atoms with Crippen LogP contribution >= 0.6 is 0 Å². The van der Waals surface area contributed by atoms with Crippen LogP contribution in [0.2, 0.25) is 0 Å². The number of fused-ring (bicyclic) bond motifs is 5. The smallest absolute Gasteiger partial charge is 0.303 e. The summed E-state index contributed by atoms with van der Waals surface area (Å²) in [5, 5.41) is 30.7. The minimum Gasteiger partial charge on any atom is -0.481 e. The Hall–Kier alpha value is -0.940. The average Bonchev–Trinajstić information content (AvgIpc) is 3.05.